The lowest BCUT2D eigenvalue weighted by molar-refractivity contribution is -0.140. The normalized spacial score (nSPS) is 16.5. The third kappa shape index (κ3) is 8.40. The Balaban J connectivity index is 1.28. The average molecular weight is 594 g/mol. The van der Waals surface area contributed by atoms with Crippen LogP contribution in [0.25, 0.3) is 0 Å². The molecule has 1 amide bonds. The van der Waals surface area contributed by atoms with E-state index in [1.165, 1.54) is 17.8 Å². The minimum atomic E-state index is -4.39. The molecule has 2 aliphatic rings. The molecule has 10 heteroatoms. The van der Waals surface area contributed by atoms with Crippen molar-refractivity contribution < 1.29 is 27.4 Å². The van der Waals surface area contributed by atoms with Crippen molar-refractivity contribution in [1.82, 2.24) is 9.80 Å². The smallest absolute Gasteiger partial charge is 0.379 e. The number of anilines is 2. The maximum absolute atomic E-state index is 13.5. The van der Waals surface area contributed by atoms with Gasteiger partial charge in [-0.15, -0.1) is 0 Å². The van der Waals surface area contributed by atoms with Crippen molar-refractivity contribution >= 4 is 29.0 Å². The number of hydrogen-bond donors (Lipinski definition) is 0. The van der Waals surface area contributed by atoms with Crippen LogP contribution in [-0.4, -0.2) is 79.9 Å². The molecule has 1 saturated heterocycles. The van der Waals surface area contributed by atoms with Crippen molar-refractivity contribution in [2.75, 3.05) is 57.9 Å². The second kappa shape index (κ2) is 12.9. The summed E-state index contributed by atoms with van der Waals surface area (Å²) in [5.74, 6) is 0.0974. The van der Waals surface area contributed by atoms with Gasteiger partial charge in [-0.05, 0) is 77.4 Å². The first-order valence-corrected chi connectivity index (χ1v) is 15.0. The molecule has 6 nitrogen and oxygen atoms in total. The van der Waals surface area contributed by atoms with Gasteiger partial charge in [0.05, 0.1) is 41.2 Å². The molecule has 0 spiro atoms. The number of benzene rings is 2. The summed E-state index contributed by atoms with van der Waals surface area (Å²) in [5.41, 5.74) is 0.102. The Kier molecular flexibility index (Phi) is 9.99. The summed E-state index contributed by atoms with van der Waals surface area (Å²) < 4.78 is 52.0. The van der Waals surface area contributed by atoms with Crippen LogP contribution < -0.4 is 4.90 Å². The number of carbonyl (C=O) groups is 1. The predicted octanol–water partition coefficient (Wildman–Crippen LogP) is 6.84. The number of hydrogen-bond acceptors (Lipinski definition) is 6. The minimum Gasteiger partial charge on any atom is -0.379 e. The molecule has 0 unspecified atom stereocenters. The molecule has 0 aliphatic carbocycles. The molecule has 226 valence electrons. The molecule has 0 saturated carbocycles. The van der Waals surface area contributed by atoms with Crippen LogP contribution in [0.1, 0.15) is 52.5 Å². The van der Waals surface area contributed by atoms with E-state index in [1.807, 2.05) is 61.8 Å². The number of piperazine rings is 1. The molecule has 4 rings (SSSR count). The summed E-state index contributed by atoms with van der Waals surface area (Å²) in [6.07, 6.45) is -2.52. The van der Waals surface area contributed by atoms with Crippen LogP contribution in [0.5, 0.6) is 0 Å². The van der Waals surface area contributed by atoms with Gasteiger partial charge in [-0.2, -0.15) is 13.2 Å². The Morgan fingerprint density at radius 3 is 2.27 bits per heavy atom. The third-order valence-electron chi connectivity index (χ3n) is 7.86. The number of para-hydroxylation sites is 1. The van der Waals surface area contributed by atoms with E-state index in [9.17, 15) is 18.0 Å². The fourth-order valence-corrected chi connectivity index (χ4v) is 6.20. The van der Waals surface area contributed by atoms with Gasteiger partial charge in [0.2, 0.25) is 5.91 Å². The molecule has 0 radical (unpaired) electrons. The number of amides is 1. The highest BCUT2D eigenvalue weighted by Crippen LogP contribution is 2.49. The summed E-state index contributed by atoms with van der Waals surface area (Å²) in [6, 6.07) is 11.9. The molecule has 41 heavy (non-hydrogen) atoms. The molecule has 0 atom stereocenters. The van der Waals surface area contributed by atoms with Crippen LogP contribution in [-0.2, 0) is 20.4 Å². The number of ether oxygens (including phenoxy) is 2. The number of rotatable bonds is 11. The molecule has 0 bridgehead atoms. The summed E-state index contributed by atoms with van der Waals surface area (Å²) >= 11 is 1.51. The quantitative estimate of drug-likeness (QED) is 0.284. The SMILES string of the molecule is COC(C)(C)CCOC(C)(C)CC(=O)N1CCN(CCCN2c3ccccc3Sc3ccc(C(F)(F)F)cc32)CC1. The lowest BCUT2D eigenvalue weighted by atomic mass is 10.0. The first-order valence-electron chi connectivity index (χ1n) is 14.2. The first kappa shape index (κ1) is 31.7. The molecule has 0 aromatic heterocycles. The van der Waals surface area contributed by atoms with Gasteiger partial charge in [-0.25, -0.2) is 0 Å². The Morgan fingerprint density at radius 1 is 0.902 bits per heavy atom. The van der Waals surface area contributed by atoms with E-state index >= 15 is 0 Å². The monoisotopic (exact) mass is 593 g/mol. The minimum absolute atomic E-state index is 0.0974. The van der Waals surface area contributed by atoms with Gasteiger partial charge in [-0.1, -0.05) is 23.9 Å². The van der Waals surface area contributed by atoms with E-state index in [-0.39, 0.29) is 11.5 Å². The van der Waals surface area contributed by atoms with E-state index in [1.54, 1.807) is 13.2 Å². The number of halogens is 3. The standard InChI is InChI=1S/C31H42F3N3O3S/c1-29(2,39-5)13-20-40-30(3,4)22-28(38)36-18-16-35(17-19-36)14-8-15-37-24-9-6-7-10-26(24)41-27-12-11-23(21-25(27)37)31(32,33)34/h6-7,9-12,21H,8,13-20,22H2,1-5H3. The molecule has 2 aliphatic heterocycles. The van der Waals surface area contributed by atoms with Crippen molar-refractivity contribution in [3.63, 3.8) is 0 Å². The topological polar surface area (TPSA) is 45.3 Å². The lowest BCUT2D eigenvalue weighted by Gasteiger charge is -2.37. The number of alkyl halides is 3. The van der Waals surface area contributed by atoms with Crippen LogP contribution in [0.3, 0.4) is 0 Å². The van der Waals surface area contributed by atoms with E-state index in [0.717, 1.165) is 54.0 Å². The average Bonchev–Trinajstić information content (AvgIpc) is 2.91. The summed E-state index contributed by atoms with van der Waals surface area (Å²) in [6.45, 7) is 12.7. The molecule has 0 N–H and O–H groups in total. The second-order valence-corrected chi connectivity index (χ2v) is 13.1. The zero-order valence-electron chi connectivity index (χ0n) is 24.7. The molecular weight excluding hydrogens is 551 g/mol. The molecule has 2 aromatic carbocycles. The first-order chi connectivity index (χ1) is 19.3. The molecule has 1 fully saturated rings. The van der Waals surface area contributed by atoms with Gasteiger partial charge in [0.15, 0.2) is 0 Å². The van der Waals surface area contributed by atoms with Crippen molar-refractivity contribution in [3.05, 3.63) is 48.0 Å². The number of carbonyl (C=O) groups excluding carboxylic acids is 1. The van der Waals surface area contributed by atoms with Crippen LogP contribution in [0.15, 0.2) is 52.3 Å². The molecule has 2 aromatic rings. The Bertz CT molecular complexity index is 1200. The number of fused-ring (bicyclic) bond motifs is 2. The summed E-state index contributed by atoms with van der Waals surface area (Å²) in [7, 11) is 1.69. The zero-order chi connectivity index (χ0) is 29.8. The highest BCUT2D eigenvalue weighted by atomic mass is 32.2. The second-order valence-electron chi connectivity index (χ2n) is 12.0. The van der Waals surface area contributed by atoms with Gasteiger partial charge in [0.25, 0.3) is 0 Å². The van der Waals surface area contributed by atoms with Gasteiger partial charge < -0.3 is 19.3 Å². The van der Waals surface area contributed by atoms with E-state index in [0.29, 0.717) is 38.3 Å². The maximum Gasteiger partial charge on any atom is 0.416 e. The van der Waals surface area contributed by atoms with Crippen LogP contribution >= 0.6 is 11.8 Å². The Labute approximate surface area is 246 Å². The Hall–Kier alpha value is -2.27. The third-order valence-corrected chi connectivity index (χ3v) is 8.99. The largest absolute Gasteiger partial charge is 0.416 e. The van der Waals surface area contributed by atoms with E-state index in [2.05, 4.69) is 4.90 Å². The van der Waals surface area contributed by atoms with Crippen molar-refractivity contribution in [1.29, 1.82) is 0 Å². The number of methoxy groups -OCH3 is 1. The highest BCUT2D eigenvalue weighted by Gasteiger charge is 2.34. The predicted molar refractivity (Wildman–Crippen MR) is 157 cm³/mol. The fourth-order valence-electron chi connectivity index (χ4n) is 5.12. The van der Waals surface area contributed by atoms with Crippen LogP contribution in [0.2, 0.25) is 0 Å². The van der Waals surface area contributed by atoms with Crippen LogP contribution in [0.4, 0.5) is 24.5 Å². The summed E-state index contributed by atoms with van der Waals surface area (Å²) in [5, 5.41) is 0. The molecule has 2 heterocycles. The van der Waals surface area contributed by atoms with Crippen molar-refractivity contribution in [2.45, 2.75) is 74.1 Å². The van der Waals surface area contributed by atoms with E-state index < -0.39 is 17.3 Å². The van der Waals surface area contributed by atoms with Crippen LogP contribution in [0, 0.1) is 0 Å². The van der Waals surface area contributed by atoms with Crippen molar-refractivity contribution in [2.24, 2.45) is 0 Å². The maximum atomic E-state index is 13.5. The number of nitrogens with zero attached hydrogens (tertiary/aromatic N) is 3. The summed E-state index contributed by atoms with van der Waals surface area (Å²) in [4.78, 5) is 21.1. The Morgan fingerprint density at radius 2 is 1.59 bits per heavy atom. The zero-order valence-corrected chi connectivity index (χ0v) is 25.5. The lowest BCUT2D eigenvalue weighted by Crippen LogP contribution is -2.50. The van der Waals surface area contributed by atoms with Gasteiger partial charge >= 0.3 is 6.18 Å². The highest BCUT2D eigenvalue weighted by molar-refractivity contribution is 7.99. The van der Waals surface area contributed by atoms with Gasteiger partial charge in [-0.3, -0.25) is 9.69 Å². The fraction of sp³-hybridized carbons (Fsp3) is 0.581. The van der Waals surface area contributed by atoms with E-state index in [4.69, 9.17) is 9.47 Å². The molecular formula is C31H42F3N3O3S. The van der Waals surface area contributed by atoms with Crippen molar-refractivity contribution in [3.8, 4) is 0 Å². The van der Waals surface area contributed by atoms with Gasteiger partial charge in [0.1, 0.15) is 0 Å². The van der Waals surface area contributed by atoms with Gasteiger partial charge in [0, 0.05) is 49.6 Å².